The Balaban J connectivity index is 2.83. The van der Waals surface area contributed by atoms with E-state index in [1.165, 1.54) is 19.1 Å². The Bertz CT molecular complexity index is 507. The van der Waals surface area contributed by atoms with Crippen LogP contribution in [-0.2, 0) is 4.79 Å². The highest BCUT2D eigenvalue weighted by Crippen LogP contribution is 2.10. The fourth-order valence-corrected chi connectivity index (χ4v) is 1.76. The molecule has 0 spiro atoms. The molecule has 2 atom stereocenters. The van der Waals surface area contributed by atoms with Gasteiger partial charge in [0.1, 0.15) is 6.04 Å². The number of carbonyl (C=O) groups excluding carboxylic acids is 2. The fraction of sp³-hybridized carbons (Fsp3) is 0.400. The van der Waals surface area contributed by atoms with E-state index in [1.54, 1.807) is 19.1 Å². The molecule has 1 rings (SSSR count). The van der Waals surface area contributed by atoms with Gasteiger partial charge >= 0.3 is 5.97 Å². The highest BCUT2D eigenvalue weighted by atomic mass is 16.4. The summed E-state index contributed by atoms with van der Waals surface area (Å²) in [6.45, 7) is 5.09. The molecule has 108 valence electrons. The third-order valence-corrected chi connectivity index (χ3v) is 3.32. The monoisotopic (exact) mass is 277 g/mol. The molecule has 2 N–H and O–H groups in total. The second kappa shape index (κ2) is 6.84. The van der Waals surface area contributed by atoms with Gasteiger partial charge in [0.2, 0.25) is 0 Å². The number of Topliss-reactive ketones (excluding diaryl/α,β-unsaturated/α-hetero) is 1. The number of hydrogen-bond donors (Lipinski definition) is 2. The highest BCUT2D eigenvalue weighted by molar-refractivity contribution is 5.99. The fourth-order valence-electron chi connectivity index (χ4n) is 1.76. The van der Waals surface area contributed by atoms with Crippen molar-refractivity contribution >= 4 is 17.7 Å². The Morgan fingerprint density at radius 3 is 2.05 bits per heavy atom. The maximum Gasteiger partial charge on any atom is 0.326 e. The van der Waals surface area contributed by atoms with Gasteiger partial charge in [-0.1, -0.05) is 32.4 Å². The molecule has 0 saturated heterocycles. The quantitative estimate of drug-likeness (QED) is 0.780. The van der Waals surface area contributed by atoms with Gasteiger partial charge in [0.15, 0.2) is 5.78 Å². The molecule has 0 aliphatic rings. The van der Waals surface area contributed by atoms with E-state index in [0.29, 0.717) is 17.5 Å². The van der Waals surface area contributed by atoms with Crippen molar-refractivity contribution < 1.29 is 19.5 Å². The van der Waals surface area contributed by atoms with E-state index in [2.05, 4.69) is 5.32 Å². The zero-order valence-electron chi connectivity index (χ0n) is 11.8. The van der Waals surface area contributed by atoms with E-state index in [-0.39, 0.29) is 11.7 Å². The number of amides is 1. The SMILES string of the molecule is CC[C@H](C)[C@H](NC(=O)c1ccc(C(C)=O)cc1)C(=O)O. The van der Waals surface area contributed by atoms with Crippen LogP contribution in [0.2, 0.25) is 0 Å². The van der Waals surface area contributed by atoms with Gasteiger partial charge < -0.3 is 10.4 Å². The van der Waals surface area contributed by atoms with Gasteiger partial charge in [0.05, 0.1) is 0 Å². The maximum absolute atomic E-state index is 12.0. The van der Waals surface area contributed by atoms with Gasteiger partial charge in [-0.05, 0) is 25.0 Å². The standard InChI is InChI=1S/C15H19NO4/c1-4-9(2)13(15(19)20)16-14(18)12-7-5-11(6-8-12)10(3)17/h5-9,13H,4H2,1-3H3,(H,16,18)(H,19,20)/t9-,13-/m0/s1. The first kappa shape index (κ1) is 15.9. The van der Waals surface area contributed by atoms with E-state index in [4.69, 9.17) is 5.11 Å². The third-order valence-electron chi connectivity index (χ3n) is 3.32. The van der Waals surface area contributed by atoms with E-state index in [0.717, 1.165) is 0 Å². The molecule has 5 nitrogen and oxygen atoms in total. The molecule has 0 bridgehead atoms. The minimum absolute atomic E-state index is 0.0834. The Labute approximate surface area is 118 Å². The number of nitrogens with one attached hydrogen (secondary N) is 1. The molecule has 5 heteroatoms. The highest BCUT2D eigenvalue weighted by Gasteiger charge is 2.25. The molecular formula is C15H19NO4. The lowest BCUT2D eigenvalue weighted by Crippen LogP contribution is -2.45. The number of carbonyl (C=O) groups is 3. The topological polar surface area (TPSA) is 83.5 Å². The van der Waals surface area contributed by atoms with E-state index in [1.807, 2.05) is 6.92 Å². The predicted octanol–water partition coefficient (Wildman–Crippen LogP) is 2.12. The number of rotatable bonds is 6. The van der Waals surface area contributed by atoms with Crippen molar-refractivity contribution in [3.63, 3.8) is 0 Å². The van der Waals surface area contributed by atoms with Crippen molar-refractivity contribution in [1.82, 2.24) is 5.32 Å². The molecule has 0 aliphatic heterocycles. The Hall–Kier alpha value is -2.17. The van der Waals surface area contributed by atoms with Gasteiger partial charge in [-0.2, -0.15) is 0 Å². The summed E-state index contributed by atoms with van der Waals surface area (Å²) in [4.78, 5) is 34.3. The van der Waals surface area contributed by atoms with Crippen LogP contribution in [0.5, 0.6) is 0 Å². The van der Waals surface area contributed by atoms with Crippen LogP contribution >= 0.6 is 0 Å². The number of carboxylic acids is 1. The van der Waals surface area contributed by atoms with Gasteiger partial charge in [0, 0.05) is 11.1 Å². The zero-order chi connectivity index (χ0) is 15.3. The summed E-state index contributed by atoms with van der Waals surface area (Å²) in [7, 11) is 0. The summed E-state index contributed by atoms with van der Waals surface area (Å²) in [5.41, 5.74) is 0.850. The molecule has 0 saturated carbocycles. The smallest absolute Gasteiger partial charge is 0.326 e. The van der Waals surface area contributed by atoms with Gasteiger partial charge in [-0.25, -0.2) is 4.79 Å². The van der Waals surface area contributed by atoms with Gasteiger partial charge in [0.25, 0.3) is 5.91 Å². The Morgan fingerprint density at radius 2 is 1.65 bits per heavy atom. The first-order valence-electron chi connectivity index (χ1n) is 6.51. The largest absolute Gasteiger partial charge is 0.480 e. The van der Waals surface area contributed by atoms with Crippen molar-refractivity contribution in [1.29, 1.82) is 0 Å². The lowest BCUT2D eigenvalue weighted by Gasteiger charge is -2.20. The Kier molecular flexibility index (Phi) is 5.43. The molecular weight excluding hydrogens is 258 g/mol. The van der Waals surface area contributed by atoms with Gasteiger partial charge in [-0.15, -0.1) is 0 Å². The Morgan fingerprint density at radius 1 is 1.15 bits per heavy atom. The predicted molar refractivity (Wildman–Crippen MR) is 74.8 cm³/mol. The number of benzene rings is 1. The first-order chi connectivity index (χ1) is 9.36. The minimum atomic E-state index is -1.05. The van der Waals surface area contributed by atoms with Crippen LogP contribution in [0.25, 0.3) is 0 Å². The molecule has 1 amide bonds. The second-order valence-corrected chi connectivity index (χ2v) is 4.81. The van der Waals surface area contributed by atoms with Gasteiger partial charge in [-0.3, -0.25) is 9.59 Å². The van der Waals surface area contributed by atoms with Crippen molar-refractivity contribution in [2.24, 2.45) is 5.92 Å². The van der Waals surface area contributed by atoms with Crippen LogP contribution in [0.15, 0.2) is 24.3 Å². The van der Waals surface area contributed by atoms with Crippen LogP contribution in [0.3, 0.4) is 0 Å². The number of ketones is 1. The summed E-state index contributed by atoms with van der Waals surface area (Å²) in [6, 6.07) is 5.22. The molecule has 0 unspecified atom stereocenters. The molecule has 0 fully saturated rings. The van der Waals surface area contributed by atoms with Crippen LogP contribution in [0.4, 0.5) is 0 Å². The minimum Gasteiger partial charge on any atom is -0.480 e. The van der Waals surface area contributed by atoms with Crippen molar-refractivity contribution in [3.05, 3.63) is 35.4 Å². The number of aliphatic carboxylic acids is 1. The third kappa shape index (κ3) is 3.91. The van der Waals surface area contributed by atoms with Crippen molar-refractivity contribution in [2.75, 3.05) is 0 Å². The van der Waals surface area contributed by atoms with E-state index in [9.17, 15) is 14.4 Å². The maximum atomic E-state index is 12.0. The lowest BCUT2D eigenvalue weighted by molar-refractivity contribution is -0.140. The normalized spacial score (nSPS) is 13.3. The summed E-state index contributed by atoms with van der Waals surface area (Å²) < 4.78 is 0. The van der Waals surface area contributed by atoms with Crippen LogP contribution < -0.4 is 5.32 Å². The average molecular weight is 277 g/mol. The zero-order valence-corrected chi connectivity index (χ0v) is 11.8. The molecule has 1 aromatic rings. The van der Waals surface area contributed by atoms with Crippen molar-refractivity contribution in [2.45, 2.75) is 33.2 Å². The van der Waals surface area contributed by atoms with Crippen molar-refractivity contribution in [3.8, 4) is 0 Å². The molecule has 20 heavy (non-hydrogen) atoms. The molecule has 0 radical (unpaired) electrons. The van der Waals surface area contributed by atoms with E-state index < -0.39 is 17.9 Å². The van der Waals surface area contributed by atoms with Crippen LogP contribution in [0, 0.1) is 5.92 Å². The summed E-state index contributed by atoms with van der Waals surface area (Å²) in [5.74, 6) is -1.74. The van der Waals surface area contributed by atoms with Crippen LogP contribution in [0.1, 0.15) is 47.9 Å². The summed E-state index contributed by atoms with van der Waals surface area (Å²) >= 11 is 0. The second-order valence-electron chi connectivity index (χ2n) is 4.81. The molecule has 0 aromatic heterocycles. The summed E-state index contributed by atoms with van der Waals surface area (Å²) in [5, 5.41) is 11.6. The number of carboxylic acid groups (broad SMARTS) is 1. The van der Waals surface area contributed by atoms with Crippen LogP contribution in [-0.4, -0.2) is 28.8 Å². The lowest BCUT2D eigenvalue weighted by atomic mass is 9.99. The van der Waals surface area contributed by atoms with E-state index >= 15 is 0 Å². The average Bonchev–Trinajstić information content (AvgIpc) is 2.43. The summed E-state index contributed by atoms with van der Waals surface area (Å²) in [6.07, 6.45) is 0.653. The molecule has 0 aliphatic carbocycles. The molecule has 1 aromatic carbocycles. The molecule has 0 heterocycles. The number of hydrogen-bond acceptors (Lipinski definition) is 3. The first-order valence-corrected chi connectivity index (χ1v) is 6.51.